The van der Waals surface area contributed by atoms with E-state index in [0.29, 0.717) is 12.5 Å². The van der Waals surface area contributed by atoms with Gasteiger partial charge in [-0.25, -0.2) is 0 Å². The van der Waals surface area contributed by atoms with Gasteiger partial charge in [0.15, 0.2) is 0 Å². The van der Waals surface area contributed by atoms with Crippen LogP contribution < -0.4 is 10.6 Å². The zero-order valence-corrected chi connectivity index (χ0v) is 10.6. The number of ether oxygens (including phenoxy) is 1. The second-order valence-corrected chi connectivity index (χ2v) is 5.06. The molecular formula is C12H23N3O2. The lowest BCUT2D eigenvalue weighted by Crippen LogP contribution is -2.47. The number of morpholine rings is 1. The minimum atomic E-state index is 0.168. The highest BCUT2D eigenvalue weighted by atomic mass is 16.5. The summed E-state index contributed by atoms with van der Waals surface area (Å²) in [6.45, 7) is 4.48. The molecule has 2 heterocycles. The Morgan fingerprint density at radius 1 is 1.59 bits per heavy atom. The summed E-state index contributed by atoms with van der Waals surface area (Å²) in [4.78, 5) is 13.7. The van der Waals surface area contributed by atoms with Crippen LogP contribution in [0.15, 0.2) is 0 Å². The fraction of sp³-hybridized carbons (Fsp3) is 0.917. The van der Waals surface area contributed by atoms with E-state index in [1.807, 2.05) is 0 Å². The monoisotopic (exact) mass is 241 g/mol. The van der Waals surface area contributed by atoms with E-state index in [9.17, 15) is 4.79 Å². The summed E-state index contributed by atoms with van der Waals surface area (Å²) in [5.41, 5.74) is 0. The second-order valence-electron chi connectivity index (χ2n) is 5.06. The lowest BCUT2D eigenvalue weighted by Gasteiger charge is -2.31. The quantitative estimate of drug-likeness (QED) is 0.704. The molecule has 0 saturated carbocycles. The molecule has 2 N–H and O–H groups in total. The third-order valence-corrected chi connectivity index (χ3v) is 3.46. The summed E-state index contributed by atoms with van der Waals surface area (Å²) in [5.74, 6) is 0.168. The molecule has 2 aliphatic rings. The summed E-state index contributed by atoms with van der Waals surface area (Å²) in [6.07, 6.45) is 3.00. The van der Waals surface area contributed by atoms with Crippen LogP contribution in [0, 0.1) is 0 Å². The van der Waals surface area contributed by atoms with E-state index < -0.39 is 0 Å². The smallest absolute Gasteiger partial charge is 0.221 e. The first-order valence-electron chi connectivity index (χ1n) is 6.54. The zero-order valence-electron chi connectivity index (χ0n) is 10.6. The molecule has 2 aliphatic heterocycles. The summed E-state index contributed by atoms with van der Waals surface area (Å²) in [6, 6.07) is 0.313. The Bertz CT molecular complexity index is 260. The Hall–Kier alpha value is -0.650. The number of nitrogens with one attached hydrogen (secondary N) is 2. The summed E-state index contributed by atoms with van der Waals surface area (Å²) in [7, 11) is 2.12. The normalized spacial score (nSPS) is 31.9. The fourth-order valence-corrected chi connectivity index (χ4v) is 2.44. The molecular weight excluding hydrogens is 218 g/mol. The largest absolute Gasteiger partial charge is 0.374 e. The Kier molecular flexibility index (Phi) is 4.76. The van der Waals surface area contributed by atoms with Crippen molar-refractivity contribution in [3.63, 3.8) is 0 Å². The molecule has 17 heavy (non-hydrogen) atoms. The maximum atomic E-state index is 11.4. The summed E-state index contributed by atoms with van der Waals surface area (Å²) >= 11 is 0. The van der Waals surface area contributed by atoms with E-state index in [-0.39, 0.29) is 12.0 Å². The van der Waals surface area contributed by atoms with Crippen molar-refractivity contribution in [2.45, 2.75) is 31.4 Å². The molecule has 2 atom stereocenters. The zero-order chi connectivity index (χ0) is 12.1. The molecule has 0 spiro atoms. The van der Waals surface area contributed by atoms with Crippen LogP contribution in [0.1, 0.15) is 19.3 Å². The lowest BCUT2D eigenvalue weighted by molar-refractivity contribution is -0.121. The highest BCUT2D eigenvalue weighted by Gasteiger charge is 2.21. The van der Waals surface area contributed by atoms with Gasteiger partial charge in [-0.1, -0.05) is 0 Å². The number of carbonyl (C=O) groups is 1. The third kappa shape index (κ3) is 4.26. The molecule has 2 saturated heterocycles. The molecule has 0 radical (unpaired) electrons. The van der Waals surface area contributed by atoms with Gasteiger partial charge in [0.05, 0.1) is 12.7 Å². The van der Waals surface area contributed by atoms with E-state index >= 15 is 0 Å². The van der Waals surface area contributed by atoms with Crippen LogP contribution >= 0.6 is 0 Å². The number of rotatable bonds is 3. The number of carbonyl (C=O) groups excluding carboxylic acids is 1. The van der Waals surface area contributed by atoms with E-state index in [0.717, 1.165) is 45.6 Å². The Morgan fingerprint density at radius 2 is 2.47 bits per heavy atom. The molecule has 0 aromatic rings. The molecule has 0 aromatic carbocycles. The van der Waals surface area contributed by atoms with Crippen LogP contribution in [0.25, 0.3) is 0 Å². The SMILES string of the molecule is CN1CCOC(CNC2CCCNC(=O)C2)C1. The van der Waals surface area contributed by atoms with Gasteiger partial charge in [-0.3, -0.25) is 4.79 Å². The molecule has 2 rings (SSSR count). The number of nitrogens with zero attached hydrogens (tertiary/aromatic N) is 1. The van der Waals surface area contributed by atoms with Crippen LogP contribution in [-0.2, 0) is 9.53 Å². The van der Waals surface area contributed by atoms with Gasteiger partial charge in [0.1, 0.15) is 0 Å². The number of hydrogen-bond donors (Lipinski definition) is 2. The average molecular weight is 241 g/mol. The molecule has 0 bridgehead atoms. The Morgan fingerprint density at radius 3 is 3.29 bits per heavy atom. The van der Waals surface area contributed by atoms with Crippen molar-refractivity contribution in [1.82, 2.24) is 15.5 Å². The molecule has 5 heteroatoms. The van der Waals surface area contributed by atoms with Gasteiger partial charge in [-0.05, 0) is 19.9 Å². The lowest BCUT2D eigenvalue weighted by atomic mass is 10.1. The van der Waals surface area contributed by atoms with Gasteiger partial charge < -0.3 is 20.3 Å². The average Bonchev–Trinajstić information content (AvgIpc) is 2.51. The van der Waals surface area contributed by atoms with Crippen LogP contribution in [0.3, 0.4) is 0 Å². The van der Waals surface area contributed by atoms with Gasteiger partial charge in [0.2, 0.25) is 5.91 Å². The predicted octanol–water partition coefficient (Wildman–Crippen LogP) is -0.425. The molecule has 5 nitrogen and oxygen atoms in total. The minimum absolute atomic E-state index is 0.168. The highest BCUT2D eigenvalue weighted by Crippen LogP contribution is 2.07. The Labute approximate surface area is 103 Å². The topological polar surface area (TPSA) is 53.6 Å². The van der Waals surface area contributed by atoms with Crippen molar-refractivity contribution in [2.75, 3.05) is 39.8 Å². The van der Waals surface area contributed by atoms with Crippen molar-refractivity contribution in [3.05, 3.63) is 0 Å². The van der Waals surface area contributed by atoms with Gasteiger partial charge in [0.25, 0.3) is 0 Å². The molecule has 1 amide bonds. The van der Waals surface area contributed by atoms with Gasteiger partial charge >= 0.3 is 0 Å². The van der Waals surface area contributed by atoms with Crippen molar-refractivity contribution in [1.29, 1.82) is 0 Å². The first-order chi connectivity index (χ1) is 8.24. The number of hydrogen-bond acceptors (Lipinski definition) is 4. The third-order valence-electron chi connectivity index (χ3n) is 3.46. The van der Waals surface area contributed by atoms with Gasteiger partial charge in [0, 0.05) is 38.6 Å². The van der Waals surface area contributed by atoms with Crippen molar-refractivity contribution in [2.24, 2.45) is 0 Å². The second kappa shape index (κ2) is 6.33. The van der Waals surface area contributed by atoms with Crippen molar-refractivity contribution >= 4 is 5.91 Å². The Balaban J connectivity index is 1.71. The standard InChI is InChI=1S/C12H23N3O2/c1-15-5-6-17-11(9-15)8-14-10-3-2-4-13-12(16)7-10/h10-11,14H,2-9H2,1H3,(H,13,16). The van der Waals surface area contributed by atoms with Crippen molar-refractivity contribution < 1.29 is 9.53 Å². The van der Waals surface area contributed by atoms with Crippen LogP contribution in [-0.4, -0.2) is 62.8 Å². The van der Waals surface area contributed by atoms with Gasteiger partial charge in [-0.2, -0.15) is 0 Å². The van der Waals surface area contributed by atoms with E-state index in [2.05, 4.69) is 22.6 Å². The summed E-state index contributed by atoms with van der Waals surface area (Å²) < 4.78 is 5.69. The van der Waals surface area contributed by atoms with Crippen LogP contribution in [0.2, 0.25) is 0 Å². The predicted molar refractivity (Wildman–Crippen MR) is 65.9 cm³/mol. The first-order valence-corrected chi connectivity index (χ1v) is 6.54. The molecule has 0 aliphatic carbocycles. The maximum absolute atomic E-state index is 11.4. The highest BCUT2D eigenvalue weighted by molar-refractivity contribution is 5.76. The fourth-order valence-electron chi connectivity index (χ4n) is 2.44. The molecule has 0 aromatic heterocycles. The van der Waals surface area contributed by atoms with Crippen LogP contribution in [0.4, 0.5) is 0 Å². The van der Waals surface area contributed by atoms with E-state index in [4.69, 9.17) is 4.74 Å². The molecule has 98 valence electrons. The minimum Gasteiger partial charge on any atom is -0.374 e. The van der Waals surface area contributed by atoms with Crippen molar-refractivity contribution in [3.8, 4) is 0 Å². The first kappa shape index (κ1) is 12.8. The molecule has 2 unspecified atom stereocenters. The van der Waals surface area contributed by atoms with E-state index in [1.165, 1.54) is 0 Å². The van der Waals surface area contributed by atoms with Gasteiger partial charge in [-0.15, -0.1) is 0 Å². The molecule has 2 fully saturated rings. The van der Waals surface area contributed by atoms with Crippen LogP contribution in [0.5, 0.6) is 0 Å². The van der Waals surface area contributed by atoms with E-state index in [1.54, 1.807) is 0 Å². The number of amides is 1. The summed E-state index contributed by atoms with van der Waals surface area (Å²) in [5, 5.41) is 6.37. The maximum Gasteiger partial charge on any atom is 0.221 e. The number of likely N-dealkylation sites (N-methyl/N-ethyl adjacent to an activating group) is 1.